The molecule has 168 valence electrons. The summed E-state index contributed by atoms with van der Waals surface area (Å²) in [5.41, 5.74) is 5.02. The van der Waals surface area contributed by atoms with Gasteiger partial charge in [0, 0.05) is 30.7 Å². The standard InChI is InChI=1S/C16H20N5O9P/c17-10-2-4-21(16(25)20-10)15-12(24)11(23)14(29-15)13(30-31(26,27)28)9-6-18-3-1-8(9)5-19-7-22/h1-4,6-7,11-15,23-24H,5H2,(H,19,22)(H2,17,20,25)(H2,26,27,28)/t11-,12+,13?,14-,15+/m0/s1. The number of nitrogens with two attached hydrogens (primary N) is 1. The molecule has 31 heavy (non-hydrogen) atoms. The molecule has 0 bridgehead atoms. The molecule has 5 atom stereocenters. The number of rotatable bonds is 8. The van der Waals surface area contributed by atoms with Gasteiger partial charge in [0.15, 0.2) is 6.23 Å². The van der Waals surface area contributed by atoms with Gasteiger partial charge in [-0.1, -0.05) is 0 Å². The Morgan fingerprint density at radius 1 is 1.35 bits per heavy atom. The third kappa shape index (κ3) is 5.14. The molecule has 7 N–H and O–H groups in total. The van der Waals surface area contributed by atoms with Gasteiger partial charge in [0.05, 0.1) is 0 Å². The second kappa shape index (κ2) is 9.20. The first-order valence-corrected chi connectivity index (χ1v) is 10.4. The number of ether oxygens (including phenoxy) is 1. The number of nitrogens with zero attached hydrogens (tertiary/aromatic N) is 3. The minimum absolute atomic E-state index is 0.0431. The molecule has 2 aromatic rings. The van der Waals surface area contributed by atoms with E-state index in [-0.39, 0.29) is 17.9 Å². The van der Waals surface area contributed by atoms with E-state index in [1.165, 1.54) is 30.7 Å². The number of phosphoric ester groups is 1. The third-order valence-corrected chi connectivity index (χ3v) is 5.08. The van der Waals surface area contributed by atoms with Crippen molar-refractivity contribution in [3.8, 4) is 0 Å². The number of amides is 1. The van der Waals surface area contributed by atoms with Crippen LogP contribution in [0.2, 0.25) is 0 Å². The average molecular weight is 457 g/mol. The van der Waals surface area contributed by atoms with Crippen LogP contribution in [0.25, 0.3) is 0 Å². The van der Waals surface area contributed by atoms with Crippen LogP contribution in [0.3, 0.4) is 0 Å². The molecule has 0 aromatic carbocycles. The molecule has 3 heterocycles. The summed E-state index contributed by atoms with van der Waals surface area (Å²) in [4.78, 5) is 49.0. The number of phosphoric acid groups is 1. The molecule has 3 rings (SSSR count). The molecule has 14 nitrogen and oxygen atoms in total. The molecular weight excluding hydrogens is 437 g/mol. The van der Waals surface area contributed by atoms with E-state index in [0.717, 1.165) is 4.57 Å². The fraction of sp³-hybridized carbons (Fsp3) is 0.375. The molecule has 0 aliphatic carbocycles. The Balaban J connectivity index is 2.01. The predicted octanol–water partition coefficient (Wildman–Crippen LogP) is -2.06. The summed E-state index contributed by atoms with van der Waals surface area (Å²) < 4.78 is 23.0. The number of aliphatic hydroxyl groups is 2. The van der Waals surface area contributed by atoms with Crippen molar-refractivity contribution < 1.29 is 38.6 Å². The van der Waals surface area contributed by atoms with Crippen molar-refractivity contribution in [2.45, 2.75) is 37.2 Å². The van der Waals surface area contributed by atoms with Crippen molar-refractivity contribution in [2.24, 2.45) is 0 Å². The van der Waals surface area contributed by atoms with Gasteiger partial charge in [0.25, 0.3) is 0 Å². The van der Waals surface area contributed by atoms with Crippen LogP contribution >= 0.6 is 7.82 Å². The summed E-state index contributed by atoms with van der Waals surface area (Å²) in [6, 6.07) is 2.73. The Bertz CT molecular complexity index is 1040. The van der Waals surface area contributed by atoms with E-state index in [4.69, 9.17) is 15.0 Å². The number of hydrogen-bond acceptors (Lipinski definition) is 10. The van der Waals surface area contributed by atoms with Crippen molar-refractivity contribution in [2.75, 3.05) is 5.73 Å². The van der Waals surface area contributed by atoms with Crippen LogP contribution in [0.1, 0.15) is 23.5 Å². The average Bonchev–Trinajstić information content (AvgIpc) is 2.99. The van der Waals surface area contributed by atoms with E-state index in [1.54, 1.807) is 0 Å². The Kier molecular flexibility index (Phi) is 6.81. The van der Waals surface area contributed by atoms with E-state index >= 15 is 0 Å². The monoisotopic (exact) mass is 457 g/mol. The van der Waals surface area contributed by atoms with Gasteiger partial charge in [0.2, 0.25) is 6.41 Å². The highest BCUT2D eigenvalue weighted by atomic mass is 31.2. The van der Waals surface area contributed by atoms with E-state index in [0.29, 0.717) is 12.0 Å². The van der Waals surface area contributed by atoms with Crippen LogP contribution in [-0.2, 0) is 25.2 Å². The van der Waals surface area contributed by atoms with Gasteiger partial charge in [-0.2, -0.15) is 4.98 Å². The second-order valence-electron chi connectivity index (χ2n) is 6.60. The number of hydrogen-bond donors (Lipinski definition) is 6. The van der Waals surface area contributed by atoms with Crippen LogP contribution in [0.15, 0.2) is 35.5 Å². The molecule has 0 spiro atoms. The zero-order valence-corrected chi connectivity index (χ0v) is 16.6. The molecule has 0 radical (unpaired) electrons. The summed E-state index contributed by atoms with van der Waals surface area (Å²) in [5.74, 6) is -0.0729. The Morgan fingerprint density at radius 3 is 2.74 bits per heavy atom. The normalized spacial score (nSPS) is 24.6. The SMILES string of the molecule is Nc1ccn([C@@H]2O[C@H](C(OP(=O)(O)O)c3cnccc3CNC=O)[C@@H](O)[C@H]2O)c(=O)n1. The maximum Gasteiger partial charge on any atom is 0.470 e. The molecule has 1 aliphatic heterocycles. The highest BCUT2D eigenvalue weighted by Gasteiger charge is 2.50. The minimum atomic E-state index is -5.13. The zero-order valence-electron chi connectivity index (χ0n) is 15.8. The lowest BCUT2D eigenvalue weighted by molar-refractivity contribution is -0.109. The number of carbonyl (C=O) groups excluding carboxylic acids is 1. The number of aliphatic hydroxyl groups excluding tert-OH is 2. The maximum absolute atomic E-state index is 12.1. The van der Waals surface area contributed by atoms with Gasteiger partial charge in [-0.25, -0.2) is 9.36 Å². The molecule has 1 amide bonds. The number of anilines is 1. The summed E-state index contributed by atoms with van der Waals surface area (Å²) in [5, 5.41) is 23.4. The lowest BCUT2D eigenvalue weighted by atomic mass is 9.97. The fourth-order valence-electron chi connectivity index (χ4n) is 3.23. The predicted molar refractivity (Wildman–Crippen MR) is 102 cm³/mol. The topological polar surface area (TPSA) is 219 Å². The minimum Gasteiger partial charge on any atom is -0.387 e. The van der Waals surface area contributed by atoms with Gasteiger partial charge >= 0.3 is 13.5 Å². The van der Waals surface area contributed by atoms with Gasteiger partial charge in [0.1, 0.15) is 30.2 Å². The van der Waals surface area contributed by atoms with E-state index < -0.39 is 44.2 Å². The quantitative estimate of drug-likeness (QED) is 0.186. The fourth-order valence-corrected chi connectivity index (χ4v) is 3.76. The first-order chi connectivity index (χ1) is 14.6. The Morgan fingerprint density at radius 2 is 2.10 bits per heavy atom. The summed E-state index contributed by atoms with van der Waals surface area (Å²) >= 11 is 0. The number of aromatic nitrogens is 3. The summed E-state index contributed by atoms with van der Waals surface area (Å²) in [6.45, 7) is -0.0431. The molecular formula is C16H20N5O9P. The molecule has 1 aliphatic rings. The van der Waals surface area contributed by atoms with E-state index in [9.17, 15) is 34.2 Å². The van der Waals surface area contributed by atoms with Crippen LogP contribution in [0.5, 0.6) is 0 Å². The van der Waals surface area contributed by atoms with Crippen LogP contribution in [0, 0.1) is 0 Å². The Hall–Kier alpha value is -2.71. The maximum atomic E-state index is 12.1. The van der Waals surface area contributed by atoms with Gasteiger partial charge < -0.3 is 35.8 Å². The lowest BCUT2D eigenvalue weighted by Gasteiger charge is -2.27. The van der Waals surface area contributed by atoms with Gasteiger partial charge in [-0.15, -0.1) is 0 Å². The van der Waals surface area contributed by atoms with Crippen molar-refractivity contribution in [3.63, 3.8) is 0 Å². The number of pyridine rings is 1. The number of carbonyl (C=O) groups is 1. The molecule has 1 fully saturated rings. The molecule has 0 saturated carbocycles. The van der Waals surface area contributed by atoms with Crippen molar-refractivity contribution in [1.82, 2.24) is 19.9 Å². The van der Waals surface area contributed by atoms with Crippen LogP contribution in [-0.4, -0.2) is 59.3 Å². The second-order valence-corrected chi connectivity index (χ2v) is 7.80. The third-order valence-electron chi connectivity index (χ3n) is 4.58. The number of nitrogen functional groups attached to an aromatic ring is 1. The highest BCUT2D eigenvalue weighted by Crippen LogP contribution is 2.47. The van der Waals surface area contributed by atoms with Crippen molar-refractivity contribution >= 4 is 20.1 Å². The van der Waals surface area contributed by atoms with E-state index in [1.807, 2.05) is 0 Å². The zero-order chi connectivity index (χ0) is 22.8. The molecule has 1 unspecified atom stereocenters. The van der Waals surface area contributed by atoms with E-state index in [2.05, 4.69) is 15.3 Å². The van der Waals surface area contributed by atoms with Gasteiger partial charge in [-0.3, -0.25) is 18.9 Å². The van der Waals surface area contributed by atoms with Crippen LogP contribution < -0.4 is 16.7 Å². The summed E-state index contributed by atoms with van der Waals surface area (Å²) in [6.07, 6.45) is -3.79. The lowest BCUT2D eigenvalue weighted by Crippen LogP contribution is -2.37. The summed E-state index contributed by atoms with van der Waals surface area (Å²) in [7, 11) is -5.13. The van der Waals surface area contributed by atoms with Crippen molar-refractivity contribution in [3.05, 3.63) is 52.3 Å². The smallest absolute Gasteiger partial charge is 0.387 e. The first-order valence-electron chi connectivity index (χ1n) is 8.82. The number of nitrogens with one attached hydrogen (secondary N) is 1. The molecule has 15 heteroatoms. The van der Waals surface area contributed by atoms with Crippen LogP contribution in [0.4, 0.5) is 5.82 Å². The first kappa shape index (κ1) is 23.0. The van der Waals surface area contributed by atoms with Gasteiger partial charge in [-0.05, 0) is 17.7 Å². The van der Waals surface area contributed by atoms with Crippen molar-refractivity contribution in [1.29, 1.82) is 0 Å². The molecule has 2 aromatic heterocycles. The Labute approximate surface area is 174 Å². The molecule has 1 saturated heterocycles. The largest absolute Gasteiger partial charge is 0.470 e. The highest BCUT2D eigenvalue weighted by molar-refractivity contribution is 7.46.